The molecule has 1 aromatic carbocycles. The lowest BCUT2D eigenvalue weighted by Gasteiger charge is -2.18. The Bertz CT molecular complexity index is 805. The van der Waals surface area contributed by atoms with Crippen molar-refractivity contribution in [2.24, 2.45) is 0 Å². The SMILES string of the molecule is CC.CCOC(=O)c1cn(CCN2CCCC2)c2ccc(C)cc2c1=O. The van der Waals surface area contributed by atoms with E-state index in [1.807, 2.05) is 43.5 Å². The van der Waals surface area contributed by atoms with Crippen LogP contribution < -0.4 is 5.43 Å². The molecule has 0 spiro atoms. The van der Waals surface area contributed by atoms with Crippen molar-refractivity contribution < 1.29 is 9.53 Å². The molecule has 5 heteroatoms. The van der Waals surface area contributed by atoms with Gasteiger partial charge in [0.15, 0.2) is 0 Å². The van der Waals surface area contributed by atoms with Gasteiger partial charge in [-0.25, -0.2) is 4.79 Å². The molecule has 142 valence electrons. The Morgan fingerprint density at radius 3 is 2.50 bits per heavy atom. The van der Waals surface area contributed by atoms with E-state index in [2.05, 4.69) is 4.90 Å². The van der Waals surface area contributed by atoms with Gasteiger partial charge < -0.3 is 14.2 Å². The number of aryl methyl sites for hydroxylation is 1. The molecule has 0 amide bonds. The van der Waals surface area contributed by atoms with Gasteiger partial charge in [0.05, 0.1) is 12.1 Å². The number of fused-ring (bicyclic) bond motifs is 1. The number of carbonyl (C=O) groups is 1. The van der Waals surface area contributed by atoms with Crippen molar-refractivity contribution in [1.82, 2.24) is 9.47 Å². The molecule has 0 N–H and O–H groups in total. The predicted octanol–water partition coefficient (Wildman–Crippen LogP) is 3.61. The monoisotopic (exact) mass is 358 g/mol. The quantitative estimate of drug-likeness (QED) is 0.766. The van der Waals surface area contributed by atoms with Gasteiger partial charge in [-0.3, -0.25) is 4.79 Å². The average Bonchev–Trinajstić information content (AvgIpc) is 3.17. The Morgan fingerprint density at radius 1 is 1.15 bits per heavy atom. The highest BCUT2D eigenvalue weighted by molar-refractivity contribution is 5.93. The fourth-order valence-corrected chi connectivity index (χ4v) is 3.31. The van der Waals surface area contributed by atoms with E-state index >= 15 is 0 Å². The molecule has 2 aromatic rings. The Hall–Kier alpha value is -2.14. The summed E-state index contributed by atoms with van der Waals surface area (Å²) in [6.07, 6.45) is 4.16. The van der Waals surface area contributed by atoms with Crippen LogP contribution in [0.4, 0.5) is 0 Å². The van der Waals surface area contributed by atoms with Gasteiger partial charge in [-0.1, -0.05) is 25.5 Å². The van der Waals surface area contributed by atoms with E-state index in [0.717, 1.165) is 37.3 Å². The smallest absolute Gasteiger partial charge is 0.343 e. The molecule has 1 aliphatic rings. The largest absolute Gasteiger partial charge is 0.462 e. The van der Waals surface area contributed by atoms with Crippen LogP contribution in [0, 0.1) is 6.92 Å². The maximum absolute atomic E-state index is 12.7. The van der Waals surface area contributed by atoms with Crippen molar-refractivity contribution in [3.63, 3.8) is 0 Å². The summed E-state index contributed by atoms with van der Waals surface area (Å²) in [7, 11) is 0. The van der Waals surface area contributed by atoms with Gasteiger partial charge in [0, 0.05) is 24.7 Å². The normalized spacial score (nSPS) is 14.2. The third-order valence-corrected chi connectivity index (χ3v) is 4.59. The molecule has 0 unspecified atom stereocenters. The number of benzene rings is 1. The lowest BCUT2D eigenvalue weighted by atomic mass is 10.1. The molecule has 3 rings (SSSR count). The van der Waals surface area contributed by atoms with Gasteiger partial charge >= 0.3 is 5.97 Å². The summed E-state index contributed by atoms with van der Waals surface area (Å²) in [6.45, 7) is 11.9. The third-order valence-electron chi connectivity index (χ3n) is 4.59. The number of aromatic nitrogens is 1. The summed E-state index contributed by atoms with van der Waals surface area (Å²) in [5.74, 6) is -0.541. The summed E-state index contributed by atoms with van der Waals surface area (Å²) in [4.78, 5) is 27.3. The second-order valence-electron chi connectivity index (χ2n) is 6.36. The van der Waals surface area contributed by atoms with Crippen molar-refractivity contribution in [3.8, 4) is 0 Å². The molecule has 0 radical (unpaired) electrons. The minimum Gasteiger partial charge on any atom is -0.462 e. The van der Waals surface area contributed by atoms with Gasteiger partial charge in [0.2, 0.25) is 5.43 Å². The van der Waals surface area contributed by atoms with Crippen molar-refractivity contribution in [1.29, 1.82) is 0 Å². The first-order valence-corrected chi connectivity index (χ1v) is 9.63. The first kappa shape index (κ1) is 20.2. The van der Waals surface area contributed by atoms with Crippen LogP contribution in [-0.4, -0.2) is 41.7 Å². The number of nitrogens with zero attached hydrogens (tertiary/aromatic N) is 2. The van der Waals surface area contributed by atoms with Crippen LogP contribution in [0.2, 0.25) is 0 Å². The molecule has 2 heterocycles. The predicted molar refractivity (Wildman–Crippen MR) is 106 cm³/mol. The van der Waals surface area contributed by atoms with Crippen molar-refractivity contribution >= 4 is 16.9 Å². The second-order valence-corrected chi connectivity index (χ2v) is 6.36. The molecular formula is C21H30N2O3. The van der Waals surface area contributed by atoms with Crippen molar-refractivity contribution in [2.45, 2.75) is 47.1 Å². The molecular weight excluding hydrogens is 328 g/mol. The Balaban J connectivity index is 0.00000117. The first-order chi connectivity index (χ1) is 12.6. The van der Waals surface area contributed by atoms with Gasteiger partial charge in [-0.05, 0) is 51.9 Å². The number of hydrogen-bond donors (Lipinski definition) is 0. The van der Waals surface area contributed by atoms with Gasteiger partial charge in [-0.15, -0.1) is 0 Å². The van der Waals surface area contributed by atoms with Crippen LogP contribution in [0.1, 0.15) is 49.5 Å². The fourth-order valence-electron chi connectivity index (χ4n) is 3.31. The van der Waals surface area contributed by atoms with E-state index in [1.54, 1.807) is 13.1 Å². The summed E-state index contributed by atoms with van der Waals surface area (Å²) in [5, 5.41) is 0.585. The molecule has 5 nitrogen and oxygen atoms in total. The molecule has 0 saturated carbocycles. The molecule has 1 fully saturated rings. The highest BCUT2D eigenvalue weighted by Gasteiger charge is 2.17. The molecule has 0 bridgehead atoms. The van der Waals surface area contributed by atoms with Gasteiger partial charge in [0.25, 0.3) is 0 Å². The van der Waals surface area contributed by atoms with E-state index < -0.39 is 5.97 Å². The Labute approximate surface area is 155 Å². The maximum Gasteiger partial charge on any atom is 0.343 e. The van der Waals surface area contributed by atoms with Crippen LogP contribution in [-0.2, 0) is 11.3 Å². The lowest BCUT2D eigenvalue weighted by molar-refractivity contribution is 0.0524. The zero-order chi connectivity index (χ0) is 19.1. The Morgan fingerprint density at radius 2 is 1.85 bits per heavy atom. The Kier molecular flexibility index (Phi) is 7.39. The topological polar surface area (TPSA) is 51.5 Å². The van der Waals surface area contributed by atoms with E-state index in [9.17, 15) is 9.59 Å². The standard InChI is InChI=1S/C19H24N2O3.C2H6/c1-3-24-19(23)16-13-21(11-10-20-8-4-5-9-20)17-7-6-14(2)12-15(17)18(16)22;1-2/h6-7,12-13H,3-5,8-11H2,1-2H3;1-2H3. The van der Waals surface area contributed by atoms with Crippen LogP contribution in [0.15, 0.2) is 29.2 Å². The number of pyridine rings is 1. The number of rotatable bonds is 5. The van der Waals surface area contributed by atoms with Crippen LogP contribution in [0.5, 0.6) is 0 Å². The molecule has 1 aromatic heterocycles. The number of likely N-dealkylation sites (tertiary alicyclic amines) is 1. The third kappa shape index (κ3) is 4.52. The van der Waals surface area contributed by atoms with E-state index in [4.69, 9.17) is 4.74 Å². The highest BCUT2D eigenvalue weighted by Crippen LogP contribution is 2.16. The summed E-state index contributed by atoms with van der Waals surface area (Å²) >= 11 is 0. The number of hydrogen-bond acceptors (Lipinski definition) is 4. The molecule has 0 aliphatic carbocycles. The van der Waals surface area contributed by atoms with Crippen LogP contribution in [0.25, 0.3) is 10.9 Å². The zero-order valence-corrected chi connectivity index (χ0v) is 16.4. The zero-order valence-electron chi connectivity index (χ0n) is 16.4. The van der Waals surface area contributed by atoms with Crippen molar-refractivity contribution in [3.05, 3.63) is 45.7 Å². The summed E-state index contributed by atoms with van der Waals surface area (Å²) in [5.41, 5.74) is 1.76. The van der Waals surface area contributed by atoms with E-state index in [1.165, 1.54) is 12.8 Å². The number of esters is 1. The maximum atomic E-state index is 12.7. The molecule has 0 atom stereocenters. The van der Waals surface area contributed by atoms with E-state index in [-0.39, 0.29) is 17.6 Å². The number of carbonyl (C=O) groups excluding carboxylic acids is 1. The first-order valence-electron chi connectivity index (χ1n) is 9.63. The summed E-state index contributed by atoms with van der Waals surface area (Å²) < 4.78 is 7.07. The average molecular weight is 358 g/mol. The molecule has 1 saturated heterocycles. The number of ether oxygens (including phenoxy) is 1. The summed E-state index contributed by atoms with van der Waals surface area (Å²) in [6, 6.07) is 5.82. The van der Waals surface area contributed by atoms with Crippen molar-refractivity contribution in [2.75, 3.05) is 26.2 Å². The van der Waals surface area contributed by atoms with Gasteiger partial charge in [-0.2, -0.15) is 0 Å². The highest BCUT2D eigenvalue weighted by atomic mass is 16.5. The minimum absolute atomic E-state index is 0.122. The molecule has 26 heavy (non-hydrogen) atoms. The fraction of sp³-hybridized carbons (Fsp3) is 0.524. The van der Waals surface area contributed by atoms with E-state index in [0.29, 0.717) is 5.39 Å². The second kappa shape index (κ2) is 9.53. The van der Waals surface area contributed by atoms with Crippen LogP contribution in [0.3, 0.4) is 0 Å². The molecule has 1 aliphatic heterocycles. The minimum atomic E-state index is -0.541. The van der Waals surface area contributed by atoms with Crippen LogP contribution >= 0.6 is 0 Å². The lowest BCUT2D eigenvalue weighted by Crippen LogP contribution is -2.26. The van der Waals surface area contributed by atoms with Gasteiger partial charge in [0.1, 0.15) is 5.56 Å².